The number of amides is 2. The summed E-state index contributed by atoms with van der Waals surface area (Å²) in [7, 11) is 0. The second-order valence-electron chi connectivity index (χ2n) is 14.0. The van der Waals surface area contributed by atoms with E-state index in [0.717, 1.165) is 5.56 Å². The summed E-state index contributed by atoms with van der Waals surface area (Å²) in [5, 5.41) is 36.7. The molecule has 58 heavy (non-hydrogen) atoms. The van der Waals surface area contributed by atoms with Crippen LogP contribution in [-0.2, 0) is 41.7 Å². The molecule has 2 heterocycles. The number of ketones is 2. The summed E-state index contributed by atoms with van der Waals surface area (Å²) < 4.78 is 0. The summed E-state index contributed by atoms with van der Waals surface area (Å²) in [5.74, 6) is -8.45. The summed E-state index contributed by atoms with van der Waals surface area (Å²) in [6, 6.07) is 14.3. The van der Waals surface area contributed by atoms with Crippen molar-refractivity contribution in [3.63, 3.8) is 0 Å². The average molecular weight is 800 g/mol. The van der Waals surface area contributed by atoms with Crippen LogP contribution >= 0.6 is 0 Å². The van der Waals surface area contributed by atoms with Crippen LogP contribution in [-0.4, -0.2) is 83.6 Å². The molecule has 2 amide bonds. The van der Waals surface area contributed by atoms with Crippen molar-refractivity contribution >= 4 is 64.0 Å². The Morgan fingerprint density at radius 1 is 0.810 bits per heavy atom. The zero-order chi connectivity index (χ0) is 42.4. The van der Waals surface area contributed by atoms with Gasteiger partial charge in [0.05, 0.1) is 23.8 Å². The van der Waals surface area contributed by atoms with E-state index in [1.807, 2.05) is 37.3 Å². The molecule has 9 N–H and O–H groups in total. The molecule has 4 aromatic rings. The first-order chi connectivity index (χ1) is 27.6. The SMILES string of the molecule is CC(CC(=O)C(CCC(=O)O)NC(=O)C(CC(=O)O)CC(=O)CC[C@H](NC(=O)c1ccc(NCc2cnc3nc(N)[nH]c(=O)c3c2)cc1)C(=O)O)Cc1ccccc1. The maximum atomic E-state index is 13.3. The minimum absolute atomic E-state index is 0.00844. The first-order valence-corrected chi connectivity index (χ1v) is 18.4. The predicted molar refractivity (Wildman–Crippen MR) is 210 cm³/mol. The maximum absolute atomic E-state index is 13.3. The van der Waals surface area contributed by atoms with E-state index in [9.17, 15) is 53.7 Å². The van der Waals surface area contributed by atoms with E-state index in [4.69, 9.17) is 5.73 Å². The van der Waals surface area contributed by atoms with E-state index < -0.39 is 90.5 Å². The van der Waals surface area contributed by atoms with Gasteiger partial charge in [-0.25, -0.2) is 9.78 Å². The Morgan fingerprint density at radius 2 is 1.50 bits per heavy atom. The van der Waals surface area contributed by atoms with Crippen LogP contribution in [0.5, 0.6) is 0 Å². The lowest BCUT2D eigenvalue weighted by molar-refractivity contribution is -0.142. The predicted octanol–water partition coefficient (Wildman–Crippen LogP) is 2.71. The molecule has 0 saturated carbocycles. The van der Waals surface area contributed by atoms with Crippen LogP contribution in [0.2, 0.25) is 0 Å². The van der Waals surface area contributed by atoms with Crippen LogP contribution in [0.4, 0.5) is 11.6 Å². The van der Waals surface area contributed by atoms with Gasteiger partial charge in [0.15, 0.2) is 11.4 Å². The number of hydrogen-bond donors (Lipinski definition) is 8. The minimum atomic E-state index is -1.51. The highest BCUT2D eigenvalue weighted by atomic mass is 16.4. The summed E-state index contributed by atoms with van der Waals surface area (Å²) in [4.78, 5) is 110. The molecule has 0 aliphatic heterocycles. The highest BCUT2D eigenvalue weighted by Gasteiger charge is 2.30. The zero-order valence-electron chi connectivity index (χ0n) is 31.6. The molecule has 18 nitrogen and oxygen atoms in total. The van der Waals surface area contributed by atoms with Gasteiger partial charge < -0.3 is 37.0 Å². The molecule has 0 aliphatic carbocycles. The van der Waals surface area contributed by atoms with E-state index in [-0.39, 0.29) is 54.3 Å². The molecular weight excluding hydrogens is 754 g/mol. The third kappa shape index (κ3) is 13.6. The molecule has 0 saturated heterocycles. The summed E-state index contributed by atoms with van der Waals surface area (Å²) in [5.41, 5.74) is 7.68. The van der Waals surface area contributed by atoms with Gasteiger partial charge in [-0.1, -0.05) is 37.3 Å². The number of fused-ring (bicyclic) bond motifs is 1. The van der Waals surface area contributed by atoms with Gasteiger partial charge in [0.2, 0.25) is 11.9 Å². The first kappa shape index (κ1) is 43.7. The first-order valence-electron chi connectivity index (χ1n) is 18.4. The number of anilines is 2. The quantitative estimate of drug-likeness (QED) is 0.0535. The lowest BCUT2D eigenvalue weighted by Gasteiger charge is -2.22. The summed E-state index contributed by atoms with van der Waals surface area (Å²) >= 11 is 0. The maximum Gasteiger partial charge on any atom is 0.326 e. The summed E-state index contributed by atoms with van der Waals surface area (Å²) in [6.45, 7) is 2.10. The van der Waals surface area contributed by atoms with Gasteiger partial charge in [-0.05, 0) is 66.6 Å². The van der Waals surface area contributed by atoms with E-state index in [1.165, 1.54) is 18.3 Å². The van der Waals surface area contributed by atoms with E-state index in [2.05, 4.69) is 30.9 Å². The molecule has 4 atom stereocenters. The van der Waals surface area contributed by atoms with Gasteiger partial charge in [-0.2, -0.15) is 4.98 Å². The normalized spacial score (nSPS) is 13.1. The smallest absolute Gasteiger partial charge is 0.326 e. The number of carbonyl (C=O) groups is 7. The van der Waals surface area contributed by atoms with Gasteiger partial charge >= 0.3 is 17.9 Å². The largest absolute Gasteiger partial charge is 0.481 e. The van der Waals surface area contributed by atoms with Gasteiger partial charge in [0.1, 0.15) is 11.8 Å². The highest BCUT2D eigenvalue weighted by Crippen LogP contribution is 2.19. The number of nitrogens with one attached hydrogen (secondary N) is 4. The van der Waals surface area contributed by atoms with Crippen LogP contribution in [0.1, 0.15) is 73.4 Å². The van der Waals surface area contributed by atoms with E-state index in [0.29, 0.717) is 17.7 Å². The molecular formula is C40H45N7O11. The van der Waals surface area contributed by atoms with Gasteiger partial charge in [-0.15, -0.1) is 0 Å². The fraction of sp³-hybridized carbons (Fsp3) is 0.350. The Balaban J connectivity index is 1.31. The van der Waals surface area contributed by atoms with Crippen LogP contribution < -0.4 is 27.2 Å². The Labute approximate surface area is 331 Å². The second-order valence-corrected chi connectivity index (χ2v) is 14.0. The Hall–Kier alpha value is -6.98. The molecule has 0 spiro atoms. The molecule has 18 heteroatoms. The van der Waals surface area contributed by atoms with Crippen molar-refractivity contribution in [1.82, 2.24) is 25.6 Å². The van der Waals surface area contributed by atoms with Crippen LogP contribution in [0.3, 0.4) is 0 Å². The molecule has 2 aromatic heterocycles. The lowest BCUT2D eigenvalue weighted by atomic mass is 9.91. The van der Waals surface area contributed by atoms with Crippen molar-refractivity contribution in [2.24, 2.45) is 11.8 Å². The molecule has 0 aliphatic rings. The molecule has 2 aromatic carbocycles. The zero-order valence-corrected chi connectivity index (χ0v) is 31.6. The topological polar surface area (TPSA) is 301 Å². The van der Waals surface area contributed by atoms with Crippen molar-refractivity contribution in [3.8, 4) is 0 Å². The van der Waals surface area contributed by atoms with Crippen molar-refractivity contribution in [2.75, 3.05) is 11.1 Å². The number of nitrogen functional groups attached to an aromatic ring is 1. The molecule has 0 fully saturated rings. The number of pyridine rings is 1. The molecule has 4 rings (SSSR count). The number of nitrogens with two attached hydrogens (primary N) is 1. The average Bonchev–Trinajstić information content (AvgIpc) is 3.17. The van der Waals surface area contributed by atoms with E-state index >= 15 is 0 Å². The number of carboxylic acids is 3. The van der Waals surface area contributed by atoms with Crippen molar-refractivity contribution in [2.45, 2.75) is 76.9 Å². The van der Waals surface area contributed by atoms with Crippen LogP contribution in [0.15, 0.2) is 71.7 Å². The number of nitrogens with zero attached hydrogens (tertiary/aromatic N) is 2. The number of benzene rings is 2. The fourth-order valence-electron chi connectivity index (χ4n) is 6.22. The number of carbonyl (C=O) groups excluding carboxylic acids is 4. The van der Waals surface area contributed by atoms with Crippen molar-refractivity contribution in [3.05, 3.63) is 93.9 Å². The number of H-pyrrole nitrogens is 1. The van der Waals surface area contributed by atoms with Crippen LogP contribution in [0.25, 0.3) is 11.0 Å². The number of carboxylic acid groups (broad SMARTS) is 3. The number of Topliss-reactive ketones (excluding diaryl/α,β-unsaturated/α-hetero) is 2. The molecule has 0 bridgehead atoms. The van der Waals surface area contributed by atoms with E-state index in [1.54, 1.807) is 18.2 Å². The molecule has 3 unspecified atom stereocenters. The molecule has 0 radical (unpaired) electrons. The van der Waals surface area contributed by atoms with Gasteiger partial charge in [-0.3, -0.25) is 38.5 Å². The fourth-order valence-corrected chi connectivity index (χ4v) is 6.22. The number of rotatable bonds is 23. The number of aliphatic carboxylic acids is 3. The third-order valence-corrected chi connectivity index (χ3v) is 9.19. The van der Waals surface area contributed by atoms with Crippen molar-refractivity contribution in [1.29, 1.82) is 0 Å². The number of aromatic nitrogens is 3. The van der Waals surface area contributed by atoms with Gasteiger partial charge in [0.25, 0.3) is 11.5 Å². The second kappa shape index (κ2) is 20.8. The molecule has 306 valence electrons. The lowest BCUT2D eigenvalue weighted by Crippen LogP contribution is -2.45. The standard InChI is InChI=1S/C40H45N7O11/c1-22(15-23-5-3-2-4-6-23)16-32(49)30(13-14-33(50)51)44-37(55)26(19-34(52)53)18-28(48)11-12-31(39(57)58)45-36(54)25-7-9-27(10-8-25)42-20-24-17-29-35(43-21-24)46-40(41)47-38(29)56/h2-10,17,21-22,26,30-31,42H,11-16,18-20H2,1H3,(H,44,55)(H,45,54)(H,50,51)(H,52,53)(H,57,58)(H3,41,43,46,47,56)/t22?,26?,30?,31-/m0/s1. The Bertz CT molecular complexity index is 2190. The summed E-state index contributed by atoms with van der Waals surface area (Å²) in [6.07, 6.45) is -0.784. The highest BCUT2D eigenvalue weighted by molar-refractivity contribution is 5.97. The third-order valence-electron chi connectivity index (χ3n) is 9.19. The number of hydrogen-bond acceptors (Lipinski definition) is 12. The van der Waals surface area contributed by atoms with Gasteiger partial charge in [0, 0.05) is 49.7 Å². The monoisotopic (exact) mass is 799 g/mol. The Kier molecular flexibility index (Phi) is 15.7. The van der Waals surface area contributed by atoms with Crippen molar-refractivity contribution < 1.29 is 48.9 Å². The number of aromatic amines is 1. The van der Waals surface area contributed by atoms with Crippen LogP contribution in [0, 0.1) is 11.8 Å². The minimum Gasteiger partial charge on any atom is -0.481 e. The Morgan fingerprint density at radius 3 is 2.16 bits per heavy atom.